The first-order valence-electron chi connectivity index (χ1n) is 10.9. The molecule has 0 unspecified atom stereocenters. The Balaban J connectivity index is 1.51. The van der Waals surface area contributed by atoms with Crippen LogP contribution in [-0.4, -0.2) is 56.7 Å². The van der Waals surface area contributed by atoms with Crippen molar-refractivity contribution in [2.24, 2.45) is 7.05 Å². The molecule has 9 heteroatoms. The lowest BCUT2D eigenvalue weighted by atomic mass is 10.0. The number of rotatable bonds is 7. The van der Waals surface area contributed by atoms with E-state index < -0.39 is 0 Å². The van der Waals surface area contributed by atoms with Gasteiger partial charge in [0.2, 0.25) is 5.91 Å². The number of amides is 2. The number of fused-ring (bicyclic) bond motifs is 1. The summed E-state index contributed by atoms with van der Waals surface area (Å²) in [4.78, 5) is 38.0. The highest BCUT2D eigenvalue weighted by Gasteiger charge is 2.28. The van der Waals surface area contributed by atoms with Crippen molar-refractivity contribution in [2.45, 2.75) is 33.2 Å². The van der Waals surface area contributed by atoms with Crippen molar-refractivity contribution in [1.82, 2.24) is 24.6 Å². The topological polar surface area (TPSA) is 93.5 Å². The molecule has 0 saturated heterocycles. The Morgan fingerprint density at radius 2 is 1.97 bits per heavy atom. The Labute approximate surface area is 193 Å². The zero-order chi connectivity index (χ0) is 23.5. The number of nitrogens with zero attached hydrogens (tertiary/aromatic N) is 6. The van der Waals surface area contributed by atoms with Gasteiger partial charge in [0.15, 0.2) is 0 Å². The molecule has 0 bridgehead atoms. The normalized spacial score (nSPS) is 13.1. The molecule has 2 amide bonds. The Bertz CT molecular complexity index is 1190. The fourth-order valence-electron chi connectivity index (χ4n) is 3.94. The molecule has 0 radical (unpaired) electrons. The maximum Gasteiger partial charge on any atom is 0.257 e. The lowest BCUT2D eigenvalue weighted by Crippen LogP contribution is -2.40. The van der Waals surface area contributed by atoms with E-state index in [1.807, 2.05) is 38.1 Å². The van der Waals surface area contributed by atoms with E-state index in [0.717, 1.165) is 22.6 Å². The molecule has 172 valence electrons. The smallest absolute Gasteiger partial charge is 0.257 e. The monoisotopic (exact) mass is 448 g/mol. The summed E-state index contributed by atoms with van der Waals surface area (Å²) in [5.41, 5.74) is 3.34. The second kappa shape index (κ2) is 9.40. The number of carbonyl (C=O) groups is 2. The second-order valence-corrected chi connectivity index (χ2v) is 8.25. The number of anilines is 1. The molecule has 3 heterocycles. The minimum atomic E-state index is -0.165. The Morgan fingerprint density at radius 1 is 1.18 bits per heavy atom. The van der Waals surface area contributed by atoms with Gasteiger partial charge in [0.05, 0.1) is 24.8 Å². The first-order valence-corrected chi connectivity index (χ1v) is 10.9. The number of para-hydroxylation sites is 1. The summed E-state index contributed by atoms with van der Waals surface area (Å²) < 4.78 is 7.50. The molecule has 33 heavy (non-hydrogen) atoms. The predicted octanol–water partition coefficient (Wildman–Crippen LogP) is 2.46. The van der Waals surface area contributed by atoms with Crippen LogP contribution in [0.2, 0.25) is 0 Å². The van der Waals surface area contributed by atoms with Crippen molar-refractivity contribution in [3.63, 3.8) is 0 Å². The third kappa shape index (κ3) is 4.87. The van der Waals surface area contributed by atoms with Gasteiger partial charge in [-0.2, -0.15) is 5.10 Å². The average Bonchev–Trinajstić information content (AvgIpc) is 3.22. The summed E-state index contributed by atoms with van der Waals surface area (Å²) >= 11 is 0. The van der Waals surface area contributed by atoms with E-state index in [4.69, 9.17) is 9.72 Å². The summed E-state index contributed by atoms with van der Waals surface area (Å²) in [6.07, 6.45) is 4.24. The standard InChI is InChI=1S/C24H28N6O3/c1-16-7-5-6-8-20(16)33-12-11-30-22(31)10-9-19-17(2)26-21(27-23(19)30)15-28(3)24(32)18-13-25-29(4)14-18/h5-8,13-14H,9-12,15H2,1-4H3. The first kappa shape index (κ1) is 22.4. The van der Waals surface area contributed by atoms with Crippen LogP contribution in [0.25, 0.3) is 0 Å². The van der Waals surface area contributed by atoms with Gasteiger partial charge in [-0.05, 0) is 31.9 Å². The molecule has 1 aliphatic heterocycles. The van der Waals surface area contributed by atoms with E-state index in [2.05, 4.69) is 10.1 Å². The van der Waals surface area contributed by atoms with Gasteiger partial charge in [0.1, 0.15) is 24.0 Å². The lowest BCUT2D eigenvalue weighted by molar-refractivity contribution is -0.119. The molecule has 4 rings (SSSR count). The van der Waals surface area contributed by atoms with Gasteiger partial charge in [-0.3, -0.25) is 19.2 Å². The zero-order valence-electron chi connectivity index (χ0n) is 19.4. The van der Waals surface area contributed by atoms with Gasteiger partial charge in [-0.15, -0.1) is 0 Å². The highest BCUT2D eigenvalue weighted by atomic mass is 16.5. The molecule has 1 aliphatic rings. The van der Waals surface area contributed by atoms with Crippen LogP contribution in [0.4, 0.5) is 5.82 Å². The Morgan fingerprint density at radius 3 is 2.70 bits per heavy atom. The largest absolute Gasteiger partial charge is 0.491 e. The molecule has 0 spiro atoms. The van der Waals surface area contributed by atoms with E-state index in [1.54, 1.807) is 34.8 Å². The summed E-state index contributed by atoms with van der Waals surface area (Å²) in [6, 6.07) is 7.80. The van der Waals surface area contributed by atoms with Crippen molar-refractivity contribution in [3.05, 3.63) is 64.9 Å². The minimum absolute atomic E-state index is 0.0136. The average molecular weight is 449 g/mol. The molecular weight excluding hydrogens is 420 g/mol. The number of hydrogen-bond donors (Lipinski definition) is 0. The number of carbonyl (C=O) groups excluding carboxylic acids is 2. The molecule has 3 aromatic rings. The zero-order valence-corrected chi connectivity index (χ0v) is 19.4. The van der Waals surface area contributed by atoms with Crippen LogP contribution in [0.1, 0.15) is 39.4 Å². The van der Waals surface area contributed by atoms with Gasteiger partial charge < -0.3 is 9.64 Å². The number of ether oxygens (including phenoxy) is 1. The number of aromatic nitrogens is 4. The third-order valence-electron chi connectivity index (χ3n) is 5.73. The summed E-state index contributed by atoms with van der Waals surface area (Å²) in [5.74, 6) is 1.76. The van der Waals surface area contributed by atoms with E-state index >= 15 is 0 Å². The number of aryl methyl sites for hydroxylation is 3. The lowest BCUT2D eigenvalue weighted by Gasteiger charge is -2.29. The van der Waals surface area contributed by atoms with Crippen LogP contribution in [-0.2, 0) is 24.8 Å². The Hall–Kier alpha value is -3.75. The number of benzene rings is 1. The molecule has 9 nitrogen and oxygen atoms in total. The fraction of sp³-hybridized carbons (Fsp3) is 0.375. The van der Waals surface area contributed by atoms with E-state index in [0.29, 0.717) is 43.2 Å². The highest BCUT2D eigenvalue weighted by Crippen LogP contribution is 2.28. The highest BCUT2D eigenvalue weighted by molar-refractivity contribution is 5.95. The minimum Gasteiger partial charge on any atom is -0.491 e. The molecule has 0 fully saturated rings. The van der Waals surface area contributed by atoms with Crippen molar-refractivity contribution >= 4 is 17.6 Å². The molecule has 0 N–H and O–H groups in total. The van der Waals surface area contributed by atoms with E-state index in [9.17, 15) is 9.59 Å². The van der Waals surface area contributed by atoms with Crippen LogP contribution in [0.15, 0.2) is 36.7 Å². The predicted molar refractivity (Wildman–Crippen MR) is 123 cm³/mol. The molecular formula is C24H28N6O3. The molecule has 0 saturated carbocycles. The fourth-order valence-corrected chi connectivity index (χ4v) is 3.94. The summed E-state index contributed by atoms with van der Waals surface area (Å²) in [5, 5.41) is 4.05. The van der Waals surface area contributed by atoms with Crippen molar-refractivity contribution in [1.29, 1.82) is 0 Å². The molecule has 0 aliphatic carbocycles. The second-order valence-electron chi connectivity index (χ2n) is 8.25. The molecule has 1 aromatic carbocycles. The van der Waals surface area contributed by atoms with Crippen LogP contribution in [0.3, 0.4) is 0 Å². The van der Waals surface area contributed by atoms with E-state index in [1.165, 1.54) is 6.20 Å². The molecule has 2 aromatic heterocycles. The summed E-state index contributed by atoms with van der Waals surface area (Å²) in [7, 11) is 3.47. The van der Waals surface area contributed by atoms with Crippen molar-refractivity contribution in [2.75, 3.05) is 25.1 Å². The van der Waals surface area contributed by atoms with Crippen LogP contribution in [0, 0.1) is 13.8 Å². The van der Waals surface area contributed by atoms with Gasteiger partial charge in [0, 0.05) is 38.0 Å². The quantitative estimate of drug-likeness (QED) is 0.551. The van der Waals surface area contributed by atoms with Gasteiger partial charge in [0.25, 0.3) is 5.91 Å². The third-order valence-corrected chi connectivity index (χ3v) is 5.73. The SMILES string of the molecule is Cc1ccccc1OCCN1C(=O)CCc2c(C)nc(CN(C)C(=O)c3cnn(C)c3)nc21. The maximum absolute atomic E-state index is 12.7. The van der Waals surface area contributed by atoms with Gasteiger partial charge >= 0.3 is 0 Å². The summed E-state index contributed by atoms with van der Waals surface area (Å²) in [6.45, 7) is 4.88. The molecule has 0 atom stereocenters. The van der Waals surface area contributed by atoms with E-state index in [-0.39, 0.29) is 18.4 Å². The Kier molecular flexibility index (Phi) is 6.39. The van der Waals surface area contributed by atoms with Gasteiger partial charge in [-0.25, -0.2) is 9.97 Å². The van der Waals surface area contributed by atoms with Crippen molar-refractivity contribution in [3.8, 4) is 5.75 Å². The van der Waals surface area contributed by atoms with Crippen LogP contribution in [0.5, 0.6) is 5.75 Å². The van der Waals surface area contributed by atoms with Crippen LogP contribution >= 0.6 is 0 Å². The van der Waals surface area contributed by atoms with Gasteiger partial charge in [-0.1, -0.05) is 18.2 Å². The first-order chi connectivity index (χ1) is 15.8. The maximum atomic E-state index is 12.7. The van der Waals surface area contributed by atoms with Crippen molar-refractivity contribution < 1.29 is 14.3 Å². The van der Waals surface area contributed by atoms with Crippen LogP contribution < -0.4 is 9.64 Å². The number of hydrogen-bond acceptors (Lipinski definition) is 6.